The number of hydrogen-bond acceptors (Lipinski definition) is 2. The predicted octanol–water partition coefficient (Wildman–Crippen LogP) is 3.06. The molecule has 4 nitrogen and oxygen atoms in total. The van der Waals surface area contributed by atoms with Gasteiger partial charge in [-0.1, -0.05) is 54.1 Å². The Balaban J connectivity index is 1.70. The number of carbonyl (C=O) groups is 2. The predicted molar refractivity (Wildman–Crippen MR) is 87.3 cm³/mol. The van der Waals surface area contributed by atoms with E-state index in [0.717, 1.165) is 12.0 Å². The summed E-state index contributed by atoms with van der Waals surface area (Å²) >= 11 is 5.83. The Morgan fingerprint density at radius 1 is 0.955 bits per heavy atom. The molecule has 0 radical (unpaired) electrons. The van der Waals surface area contributed by atoms with Gasteiger partial charge in [-0.05, 0) is 24.1 Å². The molecule has 0 saturated carbocycles. The number of urea groups is 1. The van der Waals surface area contributed by atoms with E-state index in [1.165, 1.54) is 0 Å². The summed E-state index contributed by atoms with van der Waals surface area (Å²) in [7, 11) is 0. The monoisotopic (exact) mass is 316 g/mol. The molecule has 0 bridgehead atoms. The van der Waals surface area contributed by atoms with Crippen LogP contribution in [0.3, 0.4) is 0 Å². The minimum Gasteiger partial charge on any atom is -0.338 e. The topological polar surface area (TPSA) is 58.2 Å². The highest BCUT2D eigenvalue weighted by Gasteiger charge is 2.08. The summed E-state index contributed by atoms with van der Waals surface area (Å²) in [5.41, 5.74) is 1.63. The van der Waals surface area contributed by atoms with Crippen molar-refractivity contribution in [3.63, 3.8) is 0 Å². The van der Waals surface area contributed by atoms with E-state index in [1.54, 1.807) is 24.3 Å². The third kappa shape index (κ3) is 5.22. The largest absolute Gasteiger partial charge is 0.338 e. The highest BCUT2D eigenvalue weighted by molar-refractivity contribution is 6.31. The molecule has 114 valence electrons. The van der Waals surface area contributed by atoms with Crippen molar-refractivity contribution in [2.45, 2.75) is 6.42 Å². The molecule has 0 fully saturated rings. The second-order valence-corrected chi connectivity index (χ2v) is 5.22. The lowest BCUT2D eigenvalue weighted by Gasteiger charge is -2.07. The van der Waals surface area contributed by atoms with Gasteiger partial charge >= 0.3 is 6.03 Å². The van der Waals surface area contributed by atoms with Gasteiger partial charge in [0.25, 0.3) is 0 Å². The van der Waals surface area contributed by atoms with Crippen LogP contribution in [0.4, 0.5) is 4.79 Å². The zero-order valence-corrected chi connectivity index (χ0v) is 12.8. The molecule has 2 aromatic carbocycles. The van der Waals surface area contributed by atoms with E-state index >= 15 is 0 Å². The molecule has 2 aromatic rings. The van der Waals surface area contributed by atoms with Crippen LogP contribution in [-0.4, -0.2) is 24.9 Å². The first kappa shape index (κ1) is 16.0. The summed E-state index contributed by atoms with van der Waals surface area (Å²) < 4.78 is 0. The van der Waals surface area contributed by atoms with Crippen molar-refractivity contribution in [2.75, 3.05) is 13.1 Å². The van der Waals surface area contributed by atoms with Crippen LogP contribution in [0.15, 0.2) is 54.6 Å². The van der Waals surface area contributed by atoms with Gasteiger partial charge in [0.15, 0.2) is 5.78 Å². The van der Waals surface area contributed by atoms with E-state index in [4.69, 9.17) is 11.6 Å². The second-order valence-electron chi connectivity index (χ2n) is 4.78. The fourth-order valence-corrected chi connectivity index (χ4v) is 2.14. The van der Waals surface area contributed by atoms with Crippen molar-refractivity contribution in [1.29, 1.82) is 0 Å². The maximum atomic E-state index is 11.9. The molecule has 0 heterocycles. The van der Waals surface area contributed by atoms with Crippen LogP contribution in [0.25, 0.3) is 0 Å². The van der Waals surface area contributed by atoms with E-state index < -0.39 is 0 Å². The lowest BCUT2D eigenvalue weighted by molar-refractivity contribution is 0.0992. The molecule has 5 heteroatoms. The average Bonchev–Trinajstić information content (AvgIpc) is 2.53. The van der Waals surface area contributed by atoms with Crippen LogP contribution >= 0.6 is 11.6 Å². The number of rotatable bonds is 6. The van der Waals surface area contributed by atoms with E-state index in [1.807, 2.05) is 30.3 Å². The van der Waals surface area contributed by atoms with Crippen molar-refractivity contribution in [2.24, 2.45) is 0 Å². The van der Waals surface area contributed by atoms with Gasteiger partial charge in [-0.15, -0.1) is 0 Å². The SMILES string of the molecule is O=C(NCCc1ccccc1)NCC(=O)c1cccc(Cl)c1. The molecular formula is C17H17ClN2O2. The number of ketones is 1. The Hall–Kier alpha value is -2.33. The molecule has 0 atom stereocenters. The van der Waals surface area contributed by atoms with Crippen molar-refractivity contribution < 1.29 is 9.59 Å². The third-order valence-corrected chi connectivity index (χ3v) is 3.33. The minimum atomic E-state index is -0.355. The van der Waals surface area contributed by atoms with Gasteiger partial charge < -0.3 is 10.6 Å². The quantitative estimate of drug-likeness (QED) is 0.805. The Kier molecular flexibility index (Phi) is 5.98. The minimum absolute atomic E-state index is 0.0580. The molecule has 2 rings (SSSR count). The van der Waals surface area contributed by atoms with E-state index in [9.17, 15) is 9.59 Å². The van der Waals surface area contributed by atoms with Crippen molar-refractivity contribution >= 4 is 23.4 Å². The summed E-state index contributed by atoms with van der Waals surface area (Å²) in [5, 5.41) is 5.76. The zero-order chi connectivity index (χ0) is 15.8. The first-order valence-corrected chi connectivity index (χ1v) is 7.37. The van der Waals surface area contributed by atoms with Crippen LogP contribution in [0.1, 0.15) is 15.9 Å². The van der Waals surface area contributed by atoms with Crippen LogP contribution in [0, 0.1) is 0 Å². The summed E-state index contributed by atoms with van der Waals surface area (Å²) in [5.74, 6) is -0.180. The standard InChI is InChI=1S/C17H17ClN2O2/c18-15-8-4-7-14(11-15)16(21)12-20-17(22)19-10-9-13-5-2-1-3-6-13/h1-8,11H,9-10,12H2,(H2,19,20,22). The first-order valence-electron chi connectivity index (χ1n) is 6.99. The third-order valence-electron chi connectivity index (χ3n) is 3.10. The second kappa shape index (κ2) is 8.20. The summed E-state index contributed by atoms with van der Waals surface area (Å²) in [6.07, 6.45) is 0.747. The fraction of sp³-hybridized carbons (Fsp3) is 0.176. The lowest BCUT2D eigenvalue weighted by Crippen LogP contribution is -2.39. The maximum absolute atomic E-state index is 11.9. The van der Waals surface area contributed by atoms with Gasteiger partial charge in [-0.2, -0.15) is 0 Å². The number of halogens is 1. The molecule has 0 aliphatic heterocycles. The number of carbonyl (C=O) groups excluding carboxylic acids is 2. The molecule has 2 N–H and O–H groups in total. The number of amides is 2. The summed E-state index contributed by atoms with van der Waals surface area (Å²) in [6.45, 7) is 0.457. The van der Waals surface area contributed by atoms with Gasteiger partial charge in [0.1, 0.15) is 0 Å². The highest BCUT2D eigenvalue weighted by Crippen LogP contribution is 2.10. The Morgan fingerprint density at radius 3 is 2.45 bits per heavy atom. The van der Waals surface area contributed by atoms with Crippen molar-refractivity contribution in [3.8, 4) is 0 Å². The van der Waals surface area contributed by atoms with Crippen molar-refractivity contribution in [3.05, 3.63) is 70.7 Å². The van der Waals surface area contributed by atoms with E-state index in [0.29, 0.717) is 17.1 Å². The van der Waals surface area contributed by atoms with Crippen LogP contribution in [0.2, 0.25) is 5.02 Å². The van der Waals surface area contributed by atoms with Crippen molar-refractivity contribution in [1.82, 2.24) is 10.6 Å². The number of Topliss-reactive ketones (excluding diaryl/α,β-unsaturated/α-hetero) is 1. The first-order chi connectivity index (χ1) is 10.6. The molecule has 0 aromatic heterocycles. The summed E-state index contributed by atoms with van der Waals surface area (Å²) in [4.78, 5) is 23.5. The molecular weight excluding hydrogens is 300 g/mol. The van der Waals surface area contributed by atoms with Crippen LogP contribution < -0.4 is 10.6 Å². The Bertz CT molecular complexity index is 644. The molecule has 0 spiro atoms. The number of hydrogen-bond donors (Lipinski definition) is 2. The molecule has 0 unspecified atom stereocenters. The van der Waals surface area contributed by atoms with Gasteiger partial charge in [0.05, 0.1) is 6.54 Å². The lowest BCUT2D eigenvalue weighted by atomic mass is 10.1. The van der Waals surface area contributed by atoms with E-state index in [-0.39, 0.29) is 18.4 Å². The molecule has 22 heavy (non-hydrogen) atoms. The maximum Gasteiger partial charge on any atom is 0.315 e. The summed E-state index contributed by atoms with van der Waals surface area (Å²) in [6, 6.07) is 16.2. The van der Waals surface area contributed by atoms with Crippen LogP contribution in [-0.2, 0) is 6.42 Å². The van der Waals surface area contributed by atoms with E-state index in [2.05, 4.69) is 10.6 Å². The molecule has 0 aliphatic carbocycles. The zero-order valence-electron chi connectivity index (χ0n) is 12.0. The molecule has 2 amide bonds. The van der Waals surface area contributed by atoms with Gasteiger partial charge in [-0.3, -0.25) is 4.79 Å². The number of benzene rings is 2. The average molecular weight is 317 g/mol. The van der Waals surface area contributed by atoms with Crippen LogP contribution in [0.5, 0.6) is 0 Å². The highest BCUT2D eigenvalue weighted by atomic mass is 35.5. The molecule has 0 saturated heterocycles. The van der Waals surface area contributed by atoms with Gasteiger partial charge in [-0.25, -0.2) is 4.79 Å². The fourth-order valence-electron chi connectivity index (χ4n) is 1.95. The van der Waals surface area contributed by atoms with Gasteiger partial charge in [0, 0.05) is 17.1 Å². The van der Waals surface area contributed by atoms with Gasteiger partial charge in [0.2, 0.25) is 0 Å². The molecule has 0 aliphatic rings. The Morgan fingerprint density at radius 2 is 1.73 bits per heavy atom. The smallest absolute Gasteiger partial charge is 0.315 e. The number of nitrogens with one attached hydrogen (secondary N) is 2. The normalized spacial score (nSPS) is 10.0. The Labute approximate surface area is 134 Å².